The molecule has 4 heteroatoms. The van der Waals surface area contributed by atoms with Crippen LogP contribution in [0.25, 0.3) is 0 Å². The van der Waals surface area contributed by atoms with Gasteiger partial charge in [-0.3, -0.25) is 4.79 Å². The van der Waals surface area contributed by atoms with Gasteiger partial charge in [0, 0.05) is 6.54 Å². The van der Waals surface area contributed by atoms with Gasteiger partial charge in [-0.05, 0) is 18.4 Å². The summed E-state index contributed by atoms with van der Waals surface area (Å²) in [6, 6.07) is 9.22. The van der Waals surface area contributed by atoms with Gasteiger partial charge >= 0.3 is 0 Å². The SMILES string of the molecule is O=C(NCC1(O)CCCC1)C(Cl)c1ccccc1. The van der Waals surface area contributed by atoms with Gasteiger partial charge in [-0.2, -0.15) is 0 Å². The smallest absolute Gasteiger partial charge is 0.242 e. The van der Waals surface area contributed by atoms with Crippen molar-refractivity contribution in [1.29, 1.82) is 0 Å². The highest BCUT2D eigenvalue weighted by Crippen LogP contribution is 2.29. The van der Waals surface area contributed by atoms with Gasteiger partial charge in [-0.15, -0.1) is 11.6 Å². The molecule has 1 aliphatic carbocycles. The molecule has 0 bridgehead atoms. The highest BCUT2D eigenvalue weighted by molar-refractivity contribution is 6.30. The summed E-state index contributed by atoms with van der Waals surface area (Å²) < 4.78 is 0. The molecule has 0 spiro atoms. The molecule has 0 saturated heterocycles. The van der Waals surface area contributed by atoms with Crippen LogP contribution in [0.4, 0.5) is 0 Å². The Morgan fingerprint density at radius 1 is 1.33 bits per heavy atom. The number of carbonyl (C=O) groups excluding carboxylic acids is 1. The Morgan fingerprint density at radius 3 is 2.56 bits per heavy atom. The lowest BCUT2D eigenvalue weighted by molar-refractivity contribution is -0.122. The molecule has 1 aromatic rings. The van der Waals surface area contributed by atoms with E-state index >= 15 is 0 Å². The number of carbonyl (C=O) groups is 1. The summed E-state index contributed by atoms with van der Waals surface area (Å²) in [5.74, 6) is -0.247. The third-order valence-electron chi connectivity index (χ3n) is 3.45. The van der Waals surface area contributed by atoms with Gasteiger partial charge in [-0.25, -0.2) is 0 Å². The van der Waals surface area contributed by atoms with E-state index in [1.807, 2.05) is 30.3 Å². The average Bonchev–Trinajstić information content (AvgIpc) is 2.83. The van der Waals surface area contributed by atoms with Crippen LogP contribution in [-0.4, -0.2) is 23.2 Å². The third kappa shape index (κ3) is 3.24. The van der Waals surface area contributed by atoms with E-state index in [9.17, 15) is 9.90 Å². The fraction of sp³-hybridized carbons (Fsp3) is 0.500. The molecule has 1 atom stereocenters. The van der Waals surface area contributed by atoms with Gasteiger partial charge in [0.05, 0.1) is 5.60 Å². The van der Waals surface area contributed by atoms with Gasteiger partial charge in [0.1, 0.15) is 5.38 Å². The molecule has 0 aromatic heterocycles. The molecular weight excluding hydrogens is 250 g/mol. The number of alkyl halides is 1. The van der Waals surface area contributed by atoms with Gasteiger partial charge in [0.2, 0.25) is 5.91 Å². The first-order valence-corrected chi connectivity index (χ1v) is 6.73. The second-order valence-corrected chi connectivity index (χ2v) is 5.36. The number of nitrogens with one attached hydrogen (secondary N) is 1. The molecule has 3 nitrogen and oxygen atoms in total. The minimum Gasteiger partial charge on any atom is -0.388 e. The number of halogens is 1. The van der Waals surface area contributed by atoms with E-state index in [1.54, 1.807) is 0 Å². The zero-order chi connectivity index (χ0) is 13.0. The van der Waals surface area contributed by atoms with Crippen molar-refractivity contribution in [1.82, 2.24) is 5.32 Å². The fourth-order valence-corrected chi connectivity index (χ4v) is 2.55. The standard InChI is InChI=1S/C14H18ClNO2/c15-12(11-6-2-1-3-7-11)13(17)16-10-14(18)8-4-5-9-14/h1-3,6-7,12,18H,4-5,8-10H2,(H,16,17). The first kappa shape index (κ1) is 13.4. The van der Waals surface area contributed by atoms with Crippen molar-refractivity contribution in [3.05, 3.63) is 35.9 Å². The predicted molar refractivity (Wildman–Crippen MR) is 71.5 cm³/mol. The van der Waals surface area contributed by atoms with Crippen molar-refractivity contribution in [3.63, 3.8) is 0 Å². The average molecular weight is 268 g/mol. The fourth-order valence-electron chi connectivity index (χ4n) is 2.32. The quantitative estimate of drug-likeness (QED) is 0.823. The Balaban J connectivity index is 1.88. The maximum Gasteiger partial charge on any atom is 0.242 e. The number of rotatable bonds is 4. The Labute approximate surface area is 112 Å². The summed E-state index contributed by atoms with van der Waals surface area (Å²) in [5, 5.41) is 12.2. The highest BCUT2D eigenvalue weighted by Gasteiger charge is 2.32. The van der Waals surface area contributed by atoms with Gasteiger partial charge in [-0.1, -0.05) is 43.2 Å². The van der Waals surface area contributed by atoms with Crippen LogP contribution in [0.15, 0.2) is 30.3 Å². The summed E-state index contributed by atoms with van der Waals surface area (Å²) in [5.41, 5.74) is 0.0400. The van der Waals surface area contributed by atoms with Crippen LogP contribution < -0.4 is 5.32 Å². The van der Waals surface area contributed by atoms with Crippen molar-refractivity contribution in [2.24, 2.45) is 0 Å². The number of hydrogen-bond donors (Lipinski definition) is 2. The molecular formula is C14H18ClNO2. The van der Waals surface area contributed by atoms with Gasteiger partial charge in [0.15, 0.2) is 0 Å². The Kier molecular flexibility index (Phi) is 4.25. The van der Waals surface area contributed by atoms with Crippen LogP contribution in [0.5, 0.6) is 0 Å². The lowest BCUT2D eigenvalue weighted by Crippen LogP contribution is -2.41. The number of amides is 1. The predicted octanol–water partition coefficient (Wildman–Crippen LogP) is 2.39. The van der Waals surface area contributed by atoms with E-state index in [0.717, 1.165) is 31.2 Å². The minimum atomic E-state index is -0.733. The molecule has 1 unspecified atom stereocenters. The van der Waals surface area contributed by atoms with E-state index in [0.29, 0.717) is 6.54 Å². The van der Waals surface area contributed by atoms with E-state index in [1.165, 1.54) is 0 Å². The van der Waals surface area contributed by atoms with Crippen molar-refractivity contribution in [3.8, 4) is 0 Å². The Hall–Kier alpha value is -1.06. The Morgan fingerprint density at radius 2 is 1.94 bits per heavy atom. The molecule has 2 N–H and O–H groups in total. The zero-order valence-electron chi connectivity index (χ0n) is 10.2. The molecule has 18 heavy (non-hydrogen) atoms. The second-order valence-electron chi connectivity index (χ2n) is 4.92. The van der Waals surface area contributed by atoms with Crippen LogP contribution in [0, 0.1) is 0 Å². The van der Waals surface area contributed by atoms with Crippen LogP contribution >= 0.6 is 11.6 Å². The molecule has 1 fully saturated rings. The zero-order valence-corrected chi connectivity index (χ0v) is 11.0. The maximum atomic E-state index is 11.9. The third-order valence-corrected chi connectivity index (χ3v) is 3.90. The molecule has 1 aromatic carbocycles. The molecule has 1 amide bonds. The van der Waals surface area contributed by atoms with Crippen molar-refractivity contribution < 1.29 is 9.90 Å². The van der Waals surface area contributed by atoms with Crippen molar-refractivity contribution in [2.45, 2.75) is 36.7 Å². The van der Waals surface area contributed by atoms with E-state index in [-0.39, 0.29) is 5.91 Å². The number of hydrogen-bond acceptors (Lipinski definition) is 2. The lowest BCUT2D eigenvalue weighted by Gasteiger charge is -2.23. The second kappa shape index (κ2) is 5.72. The minimum absolute atomic E-state index is 0.247. The first-order valence-electron chi connectivity index (χ1n) is 6.30. The monoisotopic (exact) mass is 267 g/mol. The normalized spacial score (nSPS) is 19.4. The molecule has 0 aliphatic heterocycles. The van der Waals surface area contributed by atoms with Crippen LogP contribution in [0.3, 0.4) is 0 Å². The highest BCUT2D eigenvalue weighted by atomic mass is 35.5. The van der Waals surface area contributed by atoms with Crippen LogP contribution in [0.2, 0.25) is 0 Å². The van der Waals surface area contributed by atoms with Crippen molar-refractivity contribution >= 4 is 17.5 Å². The number of benzene rings is 1. The molecule has 1 saturated carbocycles. The summed E-state index contributed by atoms with van der Waals surface area (Å²) in [4.78, 5) is 11.9. The maximum absolute atomic E-state index is 11.9. The van der Waals surface area contributed by atoms with E-state index in [4.69, 9.17) is 11.6 Å². The molecule has 0 radical (unpaired) electrons. The van der Waals surface area contributed by atoms with Crippen LogP contribution in [0.1, 0.15) is 36.6 Å². The van der Waals surface area contributed by atoms with E-state index in [2.05, 4.69) is 5.32 Å². The summed E-state index contributed by atoms with van der Waals surface area (Å²) in [7, 11) is 0. The summed E-state index contributed by atoms with van der Waals surface area (Å²) in [6.45, 7) is 0.294. The van der Waals surface area contributed by atoms with Crippen molar-refractivity contribution in [2.75, 3.05) is 6.54 Å². The van der Waals surface area contributed by atoms with Gasteiger partial charge in [0.25, 0.3) is 0 Å². The molecule has 98 valence electrons. The topological polar surface area (TPSA) is 49.3 Å². The van der Waals surface area contributed by atoms with E-state index < -0.39 is 11.0 Å². The lowest BCUT2D eigenvalue weighted by atomic mass is 10.0. The first-order chi connectivity index (χ1) is 8.61. The largest absolute Gasteiger partial charge is 0.388 e. The molecule has 0 heterocycles. The van der Waals surface area contributed by atoms with Crippen LogP contribution in [-0.2, 0) is 4.79 Å². The molecule has 2 rings (SSSR count). The summed E-state index contributed by atoms with van der Waals surface area (Å²) >= 11 is 6.09. The van der Waals surface area contributed by atoms with Gasteiger partial charge < -0.3 is 10.4 Å². The molecule has 1 aliphatic rings. The summed E-state index contributed by atoms with van der Waals surface area (Å²) in [6.07, 6.45) is 3.56. The number of aliphatic hydroxyl groups is 1. The Bertz CT molecular complexity index is 402.